The van der Waals surface area contributed by atoms with E-state index in [0.29, 0.717) is 0 Å². The summed E-state index contributed by atoms with van der Waals surface area (Å²) in [5, 5.41) is 0. The Kier molecular flexibility index (Phi) is 5.35. The highest BCUT2D eigenvalue weighted by molar-refractivity contribution is 5.93. The highest BCUT2D eigenvalue weighted by Crippen LogP contribution is 2.03. The third kappa shape index (κ3) is 4.89. The van der Waals surface area contributed by atoms with Crippen LogP contribution in [0.2, 0.25) is 0 Å². The first-order valence-electron chi connectivity index (χ1n) is 4.43. The molecular weight excluding hydrogens is 146 g/mol. The zero-order chi connectivity index (χ0) is 9.56. The SMILES string of the molecule is CC/C=C/C(C)=N/C(C)=C(C)C. The van der Waals surface area contributed by atoms with Gasteiger partial charge in [0, 0.05) is 11.4 Å². The molecule has 0 unspecified atom stereocenters. The lowest BCUT2D eigenvalue weighted by Crippen LogP contribution is -1.86. The van der Waals surface area contributed by atoms with Crippen LogP contribution in [0.3, 0.4) is 0 Å². The molecule has 12 heavy (non-hydrogen) atoms. The first kappa shape index (κ1) is 11.2. The van der Waals surface area contributed by atoms with Crippen molar-refractivity contribution in [3.8, 4) is 0 Å². The summed E-state index contributed by atoms with van der Waals surface area (Å²) in [6.07, 6.45) is 5.25. The first-order chi connectivity index (χ1) is 5.57. The number of hydrogen-bond acceptors (Lipinski definition) is 1. The summed E-state index contributed by atoms with van der Waals surface area (Å²) in [5.74, 6) is 0. The van der Waals surface area contributed by atoms with E-state index in [1.54, 1.807) is 0 Å². The molecule has 0 heterocycles. The van der Waals surface area contributed by atoms with Crippen LogP contribution in [0.25, 0.3) is 0 Å². The average Bonchev–Trinajstić information content (AvgIpc) is 2.00. The molecule has 0 aliphatic rings. The molecule has 0 saturated heterocycles. The maximum atomic E-state index is 4.42. The Morgan fingerprint density at radius 1 is 1.17 bits per heavy atom. The molecule has 0 spiro atoms. The van der Waals surface area contributed by atoms with Crippen LogP contribution in [0, 0.1) is 0 Å². The standard InChI is InChI=1S/C11H19N/c1-6-7-8-10(4)12-11(5)9(2)3/h7-8H,6H2,1-5H3/b8-7+,12-10+. The summed E-state index contributed by atoms with van der Waals surface area (Å²) in [4.78, 5) is 4.42. The van der Waals surface area contributed by atoms with Crippen LogP contribution in [-0.2, 0) is 0 Å². The lowest BCUT2D eigenvalue weighted by Gasteiger charge is -1.96. The van der Waals surface area contributed by atoms with Gasteiger partial charge in [-0.2, -0.15) is 0 Å². The molecule has 0 bridgehead atoms. The zero-order valence-corrected chi connectivity index (χ0v) is 8.81. The second-order valence-electron chi connectivity index (χ2n) is 3.15. The summed E-state index contributed by atoms with van der Waals surface area (Å²) in [7, 11) is 0. The fourth-order valence-corrected chi connectivity index (χ4v) is 0.702. The molecule has 0 aliphatic carbocycles. The van der Waals surface area contributed by atoms with Crippen molar-refractivity contribution in [2.24, 2.45) is 4.99 Å². The third-order valence-corrected chi connectivity index (χ3v) is 1.66. The number of nitrogens with zero attached hydrogens (tertiary/aromatic N) is 1. The van der Waals surface area contributed by atoms with Crippen molar-refractivity contribution in [2.45, 2.75) is 41.0 Å². The van der Waals surface area contributed by atoms with Gasteiger partial charge >= 0.3 is 0 Å². The summed E-state index contributed by atoms with van der Waals surface area (Å²) < 4.78 is 0. The Labute approximate surface area is 75.9 Å². The van der Waals surface area contributed by atoms with Gasteiger partial charge in [-0.25, -0.2) is 0 Å². The van der Waals surface area contributed by atoms with E-state index in [1.165, 1.54) is 5.57 Å². The van der Waals surface area contributed by atoms with Crippen LogP contribution in [0.15, 0.2) is 28.4 Å². The largest absolute Gasteiger partial charge is 0.259 e. The van der Waals surface area contributed by atoms with Gasteiger partial charge in [0.1, 0.15) is 0 Å². The molecule has 0 aromatic rings. The lowest BCUT2D eigenvalue weighted by atomic mass is 10.2. The van der Waals surface area contributed by atoms with Crippen molar-refractivity contribution in [1.82, 2.24) is 0 Å². The number of hydrogen-bond donors (Lipinski definition) is 0. The van der Waals surface area contributed by atoms with Crippen LogP contribution >= 0.6 is 0 Å². The normalized spacial score (nSPS) is 12.2. The lowest BCUT2D eigenvalue weighted by molar-refractivity contribution is 1.18. The smallest absolute Gasteiger partial charge is 0.0372 e. The molecular formula is C11H19N. The van der Waals surface area contributed by atoms with E-state index < -0.39 is 0 Å². The molecule has 0 aromatic heterocycles. The Balaban J connectivity index is 4.37. The fourth-order valence-electron chi connectivity index (χ4n) is 0.702. The van der Waals surface area contributed by atoms with Gasteiger partial charge in [0.2, 0.25) is 0 Å². The summed E-state index contributed by atoms with van der Waals surface area (Å²) in [6, 6.07) is 0. The Bertz CT molecular complexity index is 215. The average molecular weight is 165 g/mol. The predicted molar refractivity (Wildman–Crippen MR) is 56.6 cm³/mol. The Morgan fingerprint density at radius 2 is 1.75 bits per heavy atom. The van der Waals surface area contributed by atoms with Crippen LogP contribution in [0.1, 0.15) is 41.0 Å². The molecule has 0 aromatic carbocycles. The highest BCUT2D eigenvalue weighted by Gasteiger charge is 1.88. The van der Waals surface area contributed by atoms with Gasteiger partial charge in [0.15, 0.2) is 0 Å². The molecule has 1 nitrogen and oxygen atoms in total. The monoisotopic (exact) mass is 165 g/mol. The molecule has 1 heteroatoms. The molecule has 68 valence electrons. The molecule has 0 saturated carbocycles. The van der Waals surface area contributed by atoms with Crippen LogP contribution in [0.5, 0.6) is 0 Å². The quantitative estimate of drug-likeness (QED) is 0.565. The van der Waals surface area contributed by atoms with Crippen molar-refractivity contribution in [3.63, 3.8) is 0 Å². The fraction of sp³-hybridized carbons (Fsp3) is 0.545. The van der Waals surface area contributed by atoms with Crippen molar-refractivity contribution >= 4 is 5.71 Å². The van der Waals surface area contributed by atoms with Gasteiger partial charge in [0.05, 0.1) is 0 Å². The van der Waals surface area contributed by atoms with Crippen LogP contribution in [-0.4, -0.2) is 5.71 Å². The first-order valence-corrected chi connectivity index (χ1v) is 4.43. The van der Waals surface area contributed by atoms with E-state index in [2.05, 4.69) is 37.9 Å². The van der Waals surface area contributed by atoms with Gasteiger partial charge in [0.25, 0.3) is 0 Å². The summed E-state index contributed by atoms with van der Waals surface area (Å²) in [6.45, 7) is 10.3. The minimum absolute atomic E-state index is 1.07. The van der Waals surface area contributed by atoms with Crippen molar-refractivity contribution < 1.29 is 0 Å². The van der Waals surface area contributed by atoms with Gasteiger partial charge in [-0.05, 0) is 40.2 Å². The number of aliphatic imine (C=N–C) groups is 1. The second-order valence-corrected chi connectivity index (χ2v) is 3.15. The van der Waals surface area contributed by atoms with E-state index in [4.69, 9.17) is 0 Å². The zero-order valence-electron chi connectivity index (χ0n) is 8.81. The number of rotatable bonds is 3. The summed E-state index contributed by atoms with van der Waals surface area (Å²) in [5.41, 5.74) is 3.48. The summed E-state index contributed by atoms with van der Waals surface area (Å²) >= 11 is 0. The van der Waals surface area contributed by atoms with E-state index >= 15 is 0 Å². The second kappa shape index (κ2) is 5.76. The van der Waals surface area contributed by atoms with E-state index in [0.717, 1.165) is 17.8 Å². The molecule has 0 N–H and O–H groups in total. The van der Waals surface area contributed by atoms with E-state index in [-0.39, 0.29) is 0 Å². The maximum absolute atomic E-state index is 4.42. The van der Waals surface area contributed by atoms with E-state index in [1.807, 2.05) is 13.8 Å². The van der Waals surface area contributed by atoms with Gasteiger partial charge in [-0.1, -0.05) is 18.6 Å². The molecule has 0 radical (unpaired) electrons. The Hall–Kier alpha value is -0.850. The molecule has 0 amide bonds. The Morgan fingerprint density at radius 3 is 2.17 bits per heavy atom. The predicted octanol–water partition coefficient (Wildman–Crippen LogP) is 3.73. The minimum Gasteiger partial charge on any atom is -0.259 e. The topological polar surface area (TPSA) is 12.4 Å². The minimum atomic E-state index is 1.07. The number of allylic oxidation sites excluding steroid dienone is 4. The molecule has 0 aliphatic heterocycles. The van der Waals surface area contributed by atoms with Crippen molar-refractivity contribution in [2.75, 3.05) is 0 Å². The van der Waals surface area contributed by atoms with Gasteiger partial charge in [-0.3, -0.25) is 4.99 Å². The van der Waals surface area contributed by atoms with Crippen molar-refractivity contribution in [1.29, 1.82) is 0 Å². The van der Waals surface area contributed by atoms with Crippen LogP contribution < -0.4 is 0 Å². The maximum Gasteiger partial charge on any atom is 0.0372 e. The van der Waals surface area contributed by atoms with Gasteiger partial charge < -0.3 is 0 Å². The molecule has 0 rings (SSSR count). The molecule has 0 atom stereocenters. The van der Waals surface area contributed by atoms with E-state index in [9.17, 15) is 0 Å². The molecule has 0 fully saturated rings. The van der Waals surface area contributed by atoms with Crippen molar-refractivity contribution in [3.05, 3.63) is 23.4 Å². The highest BCUT2D eigenvalue weighted by atomic mass is 14.7. The van der Waals surface area contributed by atoms with Gasteiger partial charge in [-0.15, -0.1) is 0 Å². The van der Waals surface area contributed by atoms with Crippen LogP contribution in [0.4, 0.5) is 0 Å². The third-order valence-electron chi connectivity index (χ3n) is 1.66.